The fourth-order valence-electron chi connectivity index (χ4n) is 4.10. The Morgan fingerprint density at radius 3 is 2.62 bits per heavy atom. The number of hydrogen-bond donors (Lipinski definition) is 0. The van der Waals surface area contributed by atoms with Gasteiger partial charge < -0.3 is 9.80 Å². The fraction of sp³-hybridized carbons (Fsp3) is 0.400. The Morgan fingerprint density at radius 2 is 1.88 bits per heavy atom. The lowest BCUT2D eigenvalue weighted by atomic mass is 9.89. The maximum atomic E-state index is 3.75. The van der Waals surface area contributed by atoms with E-state index in [2.05, 4.69) is 83.1 Å². The molecule has 2 heterocycles. The minimum absolute atomic E-state index is 0.624. The maximum absolute atomic E-state index is 3.75. The van der Waals surface area contributed by atoms with Crippen molar-refractivity contribution in [3.8, 4) is 0 Å². The largest absolute Gasteiger partial charge is 0.370 e. The van der Waals surface area contributed by atoms with Crippen molar-refractivity contribution in [2.45, 2.75) is 35.1 Å². The Balaban J connectivity index is 1.75. The second-order valence-corrected chi connectivity index (χ2v) is 9.12. The summed E-state index contributed by atoms with van der Waals surface area (Å²) < 4.78 is 1.19. The summed E-state index contributed by atoms with van der Waals surface area (Å²) in [6.45, 7) is 4.49. The second kappa shape index (κ2) is 6.40. The summed E-state index contributed by atoms with van der Waals surface area (Å²) >= 11 is 5.63. The molecule has 0 amide bonds. The van der Waals surface area contributed by atoms with Crippen molar-refractivity contribution < 1.29 is 0 Å². The zero-order chi connectivity index (χ0) is 16.8. The number of likely N-dealkylation sites (N-methyl/N-ethyl adjacent to an activating group) is 2. The predicted octanol–water partition coefficient (Wildman–Crippen LogP) is 5.15. The van der Waals surface area contributed by atoms with Crippen LogP contribution in [0.2, 0.25) is 0 Å². The first-order chi connectivity index (χ1) is 11.5. The summed E-state index contributed by atoms with van der Waals surface area (Å²) in [5.74, 6) is 0.624. The zero-order valence-electron chi connectivity index (χ0n) is 14.4. The van der Waals surface area contributed by atoms with Crippen LogP contribution in [0.5, 0.6) is 0 Å². The lowest BCUT2D eigenvalue weighted by Crippen LogP contribution is -2.43. The van der Waals surface area contributed by atoms with Crippen LogP contribution in [0.15, 0.2) is 50.7 Å². The van der Waals surface area contributed by atoms with Gasteiger partial charge in [0, 0.05) is 39.8 Å². The van der Waals surface area contributed by atoms with E-state index in [0.29, 0.717) is 12.0 Å². The molecular formula is C20H23BrN2S. The van der Waals surface area contributed by atoms with Gasteiger partial charge in [-0.1, -0.05) is 45.4 Å². The van der Waals surface area contributed by atoms with Gasteiger partial charge >= 0.3 is 0 Å². The molecule has 4 rings (SSSR count). The molecule has 126 valence electrons. The van der Waals surface area contributed by atoms with E-state index >= 15 is 0 Å². The first-order valence-corrected chi connectivity index (χ1v) is 10.1. The molecule has 2 aliphatic rings. The highest BCUT2D eigenvalue weighted by Gasteiger charge is 2.40. The third-order valence-electron chi connectivity index (χ3n) is 5.35. The highest BCUT2D eigenvalue weighted by atomic mass is 79.9. The quantitative estimate of drug-likeness (QED) is 0.685. The third kappa shape index (κ3) is 2.89. The molecule has 0 aromatic heterocycles. The van der Waals surface area contributed by atoms with Gasteiger partial charge in [-0.05, 0) is 56.8 Å². The standard InChI is InChI=1S/C20H23BrN2S/c1-13-4-6-15(7-5-13)24-19-11-14(21)10-16-17-12-22(2)9-8-18(17)23(3)20(16)19/h4-7,10-11,17-18H,8-9,12H2,1-3H3. The first-order valence-electron chi connectivity index (χ1n) is 8.52. The van der Waals surface area contributed by atoms with Crippen molar-refractivity contribution in [2.75, 3.05) is 32.1 Å². The molecule has 24 heavy (non-hydrogen) atoms. The number of aryl methyl sites for hydroxylation is 1. The van der Waals surface area contributed by atoms with Gasteiger partial charge in [-0.15, -0.1) is 0 Å². The minimum Gasteiger partial charge on any atom is -0.370 e. The van der Waals surface area contributed by atoms with Gasteiger partial charge in [0.15, 0.2) is 0 Å². The van der Waals surface area contributed by atoms with Crippen molar-refractivity contribution in [2.24, 2.45) is 0 Å². The summed E-state index contributed by atoms with van der Waals surface area (Å²) in [5.41, 5.74) is 4.26. The Kier molecular flexibility index (Phi) is 4.40. The van der Waals surface area contributed by atoms with Crippen LogP contribution in [0.1, 0.15) is 23.5 Å². The van der Waals surface area contributed by atoms with E-state index in [1.165, 1.54) is 44.0 Å². The van der Waals surface area contributed by atoms with Gasteiger partial charge in [0.05, 0.1) is 5.69 Å². The summed E-state index contributed by atoms with van der Waals surface area (Å²) in [6.07, 6.45) is 1.25. The Labute approximate surface area is 157 Å². The highest BCUT2D eigenvalue weighted by Crippen LogP contribution is 2.50. The summed E-state index contributed by atoms with van der Waals surface area (Å²) in [5, 5.41) is 0. The van der Waals surface area contributed by atoms with Crippen LogP contribution in [0.4, 0.5) is 5.69 Å². The summed E-state index contributed by atoms with van der Waals surface area (Å²) in [6, 6.07) is 14.1. The molecule has 2 aliphatic heterocycles. The molecule has 1 fully saturated rings. The third-order valence-corrected chi connectivity index (χ3v) is 6.84. The van der Waals surface area contributed by atoms with Crippen LogP contribution in [0.3, 0.4) is 0 Å². The molecule has 2 aromatic rings. The van der Waals surface area contributed by atoms with Crippen LogP contribution >= 0.6 is 27.7 Å². The van der Waals surface area contributed by atoms with Crippen molar-refractivity contribution in [3.63, 3.8) is 0 Å². The number of piperidine rings is 1. The first kappa shape index (κ1) is 16.5. The van der Waals surface area contributed by atoms with E-state index in [1.807, 2.05) is 11.8 Å². The van der Waals surface area contributed by atoms with Gasteiger partial charge in [0.2, 0.25) is 0 Å². The number of benzene rings is 2. The molecule has 4 heteroatoms. The van der Waals surface area contributed by atoms with Gasteiger partial charge in [0.1, 0.15) is 0 Å². The number of rotatable bonds is 2. The van der Waals surface area contributed by atoms with E-state index in [0.717, 1.165) is 6.54 Å². The molecule has 2 unspecified atom stereocenters. The molecule has 0 radical (unpaired) electrons. The van der Waals surface area contributed by atoms with E-state index in [9.17, 15) is 0 Å². The molecule has 0 N–H and O–H groups in total. The number of fused-ring (bicyclic) bond motifs is 3. The normalized spacial score (nSPS) is 23.2. The molecule has 0 aliphatic carbocycles. The average molecular weight is 403 g/mol. The lowest BCUT2D eigenvalue weighted by Gasteiger charge is -2.35. The van der Waals surface area contributed by atoms with Gasteiger partial charge in [0.25, 0.3) is 0 Å². The Bertz CT molecular complexity index is 759. The van der Waals surface area contributed by atoms with Crippen LogP contribution in [-0.4, -0.2) is 38.1 Å². The number of likely N-dealkylation sites (tertiary alicyclic amines) is 1. The monoisotopic (exact) mass is 402 g/mol. The molecule has 0 saturated carbocycles. The second-order valence-electron chi connectivity index (χ2n) is 7.09. The minimum atomic E-state index is 0.624. The number of hydrogen-bond acceptors (Lipinski definition) is 3. The van der Waals surface area contributed by atoms with Gasteiger partial charge in [-0.3, -0.25) is 0 Å². The van der Waals surface area contributed by atoms with Crippen molar-refractivity contribution in [1.29, 1.82) is 0 Å². The lowest BCUT2D eigenvalue weighted by molar-refractivity contribution is 0.234. The summed E-state index contributed by atoms with van der Waals surface area (Å²) in [4.78, 5) is 7.68. The smallest absolute Gasteiger partial charge is 0.0545 e. The topological polar surface area (TPSA) is 6.48 Å². The average Bonchev–Trinajstić information content (AvgIpc) is 2.82. The van der Waals surface area contributed by atoms with Gasteiger partial charge in [-0.25, -0.2) is 0 Å². The molecule has 2 aromatic carbocycles. The number of nitrogens with zero attached hydrogens (tertiary/aromatic N) is 2. The fourth-order valence-corrected chi connectivity index (χ4v) is 5.80. The van der Waals surface area contributed by atoms with E-state index in [-0.39, 0.29) is 0 Å². The number of halogens is 1. The van der Waals surface area contributed by atoms with Gasteiger partial charge in [-0.2, -0.15) is 0 Å². The van der Waals surface area contributed by atoms with Crippen LogP contribution in [0.25, 0.3) is 0 Å². The molecule has 0 spiro atoms. The number of anilines is 1. The van der Waals surface area contributed by atoms with E-state index in [1.54, 1.807) is 0 Å². The maximum Gasteiger partial charge on any atom is 0.0545 e. The summed E-state index contributed by atoms with van der Waals surface area (Å²) in [7, 11) is 4.52. The highest BCUT2D eigenvalue weighted by molar-refractivity contribution is 9.10. The van der Waals surface area contributed by atoms with Crippen LogP contribution < -0.4 is 4.90 Å². The molecule has 2 nitrogen and oxygen atoms in total. The van der Waals surface area contributed by atoms with Crippen molar-refractivity contribution in [3.05, 3.63) is 52.0 Å². The molecular weight excluding hydrogens is 380 g/mol. The van der Waals surface area contributed by atoms with Crippen LogP contribution in [-0.2, 0) is 0 Å². The molecule has 1 saturated heterocycles. The van der Waals surface area contributed by atoms with Crippen molar-refractivity contribution >= 4 is 33.4 Å². The van der Waals surface area contributed by atoms with Crippen molar-refractivity contribution in [1.82, 2.24) is 4.90 Å². The van der Waals surface area contributed by atoms with E-state index < -0.39 is 0 Å². The SMILES string of the molecule is Cc1ccc(Sc2cc(Br)cc3c2N(C)C2CCN(C)CC32)cc1. The molecule has 2 atom stereocenters. The van der Waals surface area contributed by atoms with Crippen LogP contribution in [0, 0.1) is 6.92 Å². The Morgan fingerprint density at radius 1 is 1.12 bits per heavy atom. The van der Waals surface area contributed by atoms with E-state index in [4.69, 9.17) is 0 Å². The Hall–Kier alpha value is -0.970. The zero-order valence-corrected chi connectivity index (χ0v) is 16.8. The predicted molar refractivity (Wildman–Crippen MR) is 106 cm³/mol. The molecule has 0 bridgehead atoms.